The summed E-state index contributed by atoms with van der Waals surface area (Å²) in [6.07, 6.45) is 0. The zero-order valence-corrected chi connectivity index (χ0v) is 8.27. The van der Waals surface area contributed by atoms with Gasteiger partial charge in [-0.25, -0.2) is 20.2 Å². The molecule has 0 atom stereocenters. The van der Waals surface area contributed by atoms with Gasteiger partial charge in [-0.15, -0.1) is 4.63 Å². The summed E-state index contributed by atoms with van der Waals surface area (Å²) in [5, 5.41) is 49.2. The van der Waals surface area contributed by atoms with Gasteiger partial charge in [-0.1, -0.05) is 0 Å². The van der Waals surface area contributed by atoms with Crippen LogP contribution in [0.15, 0.2) is 9.74 Å². The van der Waals surface area contributed by atoms with E-state index in [0.29, 0.717) is 0 Å². The Bertz CT molecular complexity index is 565. The molecule has 0 spiro atoms. The molecule has 1 aromatic heterocycles. The number of nitrogens with zero attached hydrogens (tertiary/aromatic N) is 7. The SMILES string of the molecule is O=[N+]([O-])c1nonc1N=[N+]([O-])C(F)([N+](=O)[O-])[N+](=O)[O-]. The van der Waals surface area contributed by atoms with Crippen molar-refractivity contribution in [3.8, 4) is 0 Å². The maximum absolute atomic E-state index is 13.2. The molecule has 0 radical (unpaired) electrons. The second kappa shape index (κ2) is 4.50. The van der Waals surface area contributed by atoms with Crippen LogP contribution in [0, 0.1) is 35.6 Å². The van der Waals surface area contributed by atoms with E-state index in [1.54, 1.807) is 0 Å². The van der Waals surface area contributed by atoms with E-state index >= 15 is 0 Å². The highest BCUT2D eigenvalue weighted by Crippen LogP contribution is 2.24. The van der Waals surface area contributed by atoms with Crippen molar-refractivity contribution in [1.29, 1.82) is 0 Å². The van der Waals surface area contributed by atoms with Crippen LogP contribution < -0.4 is 0 Å². The predicted molar refractivity (Wildman–Crippen MR) is 44.5 cm³/mol. The van der Waals surface area contributed by atoms with Crippen molar-refractivity contribution in [2.75, 3.05) is 0 Å². The van der Waals surface area contributed by atoms with E-state index in [9.17, 15) is 39.9 Å². The maximum Gasteiger partial charge on any atom is 0.866 e. The molecule has 16 heteroatoms. The Hall–Kier alpha value is -3.33. The van der Waals surface area contributed by atoms with Crippen molar-refractivity contribution >= 4 is 11.6 Å². The monoisotopic (exact) mass is 281 g/mol. The van der Waals surface area contributed by atoms with Crippen LogP contribution in [0.25, 0.3) is 0 Å². The number of aromatic nitrogens is 2. The molecule has 0 N–H and O–H groups in total. The van der Waals surface area contributed by atoms with Crippen LogP contribution in [0.2, 0.25) is 0 Å². The minimum atomic E-state index is -4.87. The summed E-state index contributed by atoms with van der Waals surface area (Å²) in [4.78, 5) is 23.3. The molecule has 1 rings (SSSR count). The maximum atomic E-state index is 13.2. The summed E-state index contributed by atoms with van der Waals surface area (Å²) in [5.74, 6) is -2.55. The van der Waals surface area contributed by atoms with E-state index in [-0.39, 0.29) is 0 Å². The Labute approximate surface area is 98.5 Å². The van der Waals surface area contributed by atoms with Crippen LogP contribution in [0.5, 0.6) is 0 Å². The Kier molecular flexibility index (Phi) is 3.26. The van der Waals surface area contributed by atoms with Gasteiger partial charge in [0.2, 0.25) is 9.85 Å². The molecule has 1 heterocycles. The molecule has 0 aliphatic carbocycles. The molecule has 0 fully saturated rings. The fourth-order valence-corrected chi connectivity index (χ4v) is 0.713. The third-order valence-corrected chi connectivity index (χ3v) is 1.52. The quantitative estimate of drug-likeness (QED) is 0.172. The molecule has 0 bridgehead atoms. The highest BCUT2D eigenvalue weighted by molar-refractivity contribution is 5.41. The number of rotatable bonds is 5. The number of hydrogen-bond donors (Lipinski definition) is 0. The van der Waals surface area contributed by atoms with Crippen LogP contribution >= 0.6 is 0 Å². The largest absolute Gasteiger partial charge is 0.866 e. The van der Waals surface area contributed by atoms with Crippen molar-refractivity contribution in [1.82, 2.24) is 10.3 Å². The van der Waals surface area contributed by atoms with E-state index in [1.807, 2.05) is 0 Å². The summed E-state index contributed by atoms with van der Waals surface area (Å²) >= 11 is 0. The topological polar surface area (TPSA) is 207 Å². The third kappa shape index (κ3) is 2.21. The number of nitro groups is 3. The van der Waals surface area contributed by atoms with Crippen molar-refractivity contribution in [2.45, 2.75) is 6.04 Å². The first-order chi connectivity index (χ1) is 8.71. The molecule has 0 saturated carbocycles. The van der Waals surface area contributed by atoms with E-state index in [4.69, 9.17) is 0 Å². The number of hydrogen-bond acceptors (Lipinski definition) is 11. The van der Waals surface area contributed by atoms with Crippen LogP contribution in [0.3, 0.4) is 0 Å². The third-order valence-electron chi connectivity index (χ3n) is 1.52. The van der Waals surface area contributed by atoms with Crippen LogP contribution in [-0.4, -0.2) is 36.0 Å². The molecular weight excluding hydrogens is 281 g/mol. The molecule has 15 nitrogen and oxygen atoms in total. The van der Waals surface area contributed by atoms with Gasteiger partial charge in [0, 0.05) is 5.16 Å². The van der Waals surface area contributed by atoms with Gasteiger partial charge in [0.15, 0.2) is 5.16 Å². The van der Waals surface area contributed by atoms with Gasteiger partial charge in [0.05, 0.1) is 9.97 Å². The zero-order chi connectivity index (χ0) is 14.8. The molecular formula is C3FN7O8. The fraction of sp³-hybridized carbons (Fsp3) is 0.333. The molecule has 0 aliphatic rings. The lowest BCUT2D eigenvalue weighted by atomic mass is 10.7. The summed E-state index contributed by atoms with van der Waals surface area (Å²) in [6, 6.07) is -4.87. The van der Waals surface area contributed by atoms with Crippen LogP contribution in [-0.2, 0) is 0 Å². The second-order valence-corrected chi connectivity index (χ2v) is 2.61. The average Bonchev–Trinajstić information content (AvgIpc) is 2.75. The highest BCUT2D eigenvalue weighted by Gasteiger charge is 2.72. The molecule has 0 aliphatic heterocycles. The summed E-state index contributed by atoms with van der Waals surface area (Å²) in [6.45, 7) is 0. The zero-order valence-electron chi connectivity index (χ0n) is 8.27. The minimum Gasteiger partial charge on any atom is -0.586 e. The Morgan fingerprint density at radius 1 is 1.11 bits per heavy atom. The summed E-state index contributed by atoms with van der Waals surface area (Å²) in [5.41, 5.74) is 0. The van der Waals surface area contributed by atoms with Gasteiger partial charge in [0.25, 0.3) is 0 Å². The van der Waals surface area contributed by atoms with E-state index in [1.165, 1.54) is 0 Å². The molecule has 1 aromatic rings. The first-order valence-corrected chi connectivity index (χ1v) is 3.85. The fourth-order valence-electron chi connectivity index (χ4n) is 0.713. The van der Waals surface area contributed by atoms with Gasteiger partial charge in [0.1, 0.15) is 0 Å². The normalized spacial score (nSPS) is 12.2. The van der Waals surface area contributed by atoms with Gasteiger partial charge < -0.3 is 15.3 Å². The lowest BCUT2D eigenvalue weighted by Crippen LogP contribution is -2.49. The molecule has 0 amide bonds. The molecule has 0 saturated heterocycles. The minimum absolute atomic E-state index is 1.26. The first kappa shape index (κ1) is 13.7. The van der Waals surface area contributed by atoms with Crippen LogP contribution in [0.4, 0.5) is 16.0 Å². The number of alkyl halides is 1. The van der Waals surface area contributed by atoms with Gasteiger partial charge in [-0.05, 0) is 9.31 Å². The van der Waals surface area contributed by atoms with Gasteiger partial charge in [-0.2, -0.15) is 0 Å². The smallest absolute Gasteiger partial charge is 0.586 e. The predicted octanol–water partition coefficient (Wildman–Crippen LogP) is -0.294. The molecule has 0 aromatic carbocycles. The van der Waals surface area contributed by atoms with Crippen molar-refractivity contribution in [3.63, 3.8) is 0 Å². The Morgan fingerprint density at radius 2 is 1.63 bits per heavy atom. The number of halogens is 1. The molecule has 19 heavy (non-hydrogen) atoms. The van der Waals surface area contributed by atoms with E-state index in [2.05, 4.69) is 20.1 Å². The van der Waals surface area contributed by atoms with Crippen molar-refractivity contribution < 1.29 is 28.7 Å². The lowest BCUT2D eigenvalue weighted by Gasteiger charge is -2.02. The standard InChI is InChI=1S/C3FN7O8/c4-3(10(15)16,11(17)18)9(14)5-1-2(8(12)13)7-19-6-1. The average molecular weight is 281 g/mol. The van der Waals surface area contributed by atoms with Crippen molar-refractivity contribution in [3.05, 3.63) is 35.6 Å². The number of hydroxylamine groups is 1. The lowest BCUT2D eigenvalue weighted by molar-refractivity contribution is -1.01. The van der Waals surface area contributed by atoms with Crippen molar-refractivity contribution in [2.24, 2.45) is 5.11 Å². The Balaban J connectivity index is 3.31. The summed E-state index contributed by atoms with van der Waals surface area (Å²) < 4.78 is 17.0. The summed E-state index contributed by atoms with van der Waals surface area (Å²) in [7, 11) is 0. The van der Waals surface area contributed by atoms with E-state index in [0.717, 1.165) is 0 Å². The van der Waals surface area contributed by atoms with Crippen LogP contribution in [0.1, 0.15) is 0 Å². The van der Waals surface area contributed by atoms with Gasteiger partial charge >= 0.3 is 17.7 Å². The molecule has 0 unspecified atom stereocenters. The highest BCUT2D eigenvalue weighted by atomic mass is 19.2. The second-order valence-electron chi connectivity index (χ2n) is 2.61. The Morgan fingerprint density at radius 3 is 2.05 bits per heavy atom. The van der Waals surface area contributed by atoms with E-state index < -0.39 is 37.3 Å². The molecule has 102 valence electrons. The number of azo groups is 1. The first-order valence-electron chi connectivity index (χ1n) is 3.85. The van der Waals surface area contributed by atoms with Gasteiger partial charge in [-0.3, -0.25) is 0 Å².